The Labute approximate surface area is 97.5 Å². The molecule has 0 aliphatic heterocycles. The number of hydrogen-bond acceptors (Lipinski definition) is 1. The van der Waals surface area contributed by atoms with Crippen molar-refractivity contribution in [1.82, 2.24) is 0 Å². The second kappa shape index (κ2) is 4.07. The fourth-order valence-corrected chi connectivity index (χ4v) is 1.94. The molecule has 0 saturated heterocycles. The molecule has 15 heavy (non-hydrogen) atoms. The van der Waals surface area contributed by atoms with Crippen LogP contribution in [0.1, 0.15) is 5.56 Å². The van der Waals surface area contributed by atoms with Crippen LogP contribution in [-0.2, 0) is 0 Å². The molecule has 1 N–H and O–H groups in total. The van der Waals surface area contributed by atoms with Crippen molar-refractivity contribution in [1.29, 1.82) is 0 Å². The van der Waals surface area contributed by atoms with Crippen LogP contribution in [-0.4, -0.2) is 5.11 Å². The van der Waals surface area contributed by atoms with Gasteiger partial charge >= 0.3 is 0 Å². The van der Waals surface area contributed by atoms with Gasteiger partial charge in [0.15, 0.2) is 0 Å². The van der Waals surface area contributed by atoms with Crippen LogP contribution in [0, 0.1) is 6.92 Å². The van der Waals surface area contributed by atoms with E-state index in [1.54, 1.807) is 6.07 Å². The summed E-state index contributed by atoms with van der Waals surface area (Å²) >= 11 is 3.42. The van der Waals surface area contributed by atoms with Gasteiger partial charge in [-0.1, -0.05) is 39.7 Å². The molecule has 0 bridgehead atoms. The van der Waals surface area contributed by atoms with Gasteiger partial charge in [-0.25, -0.2) is 0 Å². The summed E-state index contributed by atoms with van der Waals surface area (Å²) in [5.74, 6) is 0.318. The Bertz CT molecular complexity index is 492. The number of aryl methyl sites for hydroxylation is 1. The molecule has 0 aliphatic carbocycles. The van der Waals surface area contributed by atoms with Gasteiger partial charge in [0.1, 0.15) is 5.75 Å². The summed E-state index contributed by atoms with van der Waals surface area (Å²) in [5, 5.41) is 9.76. The minimum Gasteiger partial charge on any atom is -0.507 e. The molecule has 76 valence electrons. The molecule has 2 heteroatoms. The maximum atomic E-state index is 9.76. The Balaban J connectivity index is 2.58. The highest BCUT2D eigenvalue weighted by atomic mass is 79.9. The monoisotopic (exact) mass is 262 g/mol. The quantitative estimate of drug-likeness (QED) is 0.820. The number of halogens is 1. The minimum atomic E-state index is 0.318. The van der Waals surface area contributed by atoms with E-state index < -0.39 is 0 Å². The molecule has 2 aromatic rings. The molecular formula is C13H11BrO. The van der Waals surface area contributed by atoms with Crippen LogP contribution in [0.3, 0.4) is 0 Å². The molecule has 0 saturated carbocycles. The number of phenols is 1. The Morgan fingerprint density at radius 2 is 1.87 bits per heavy atom. The zero-order chi connectivity index (χ0) is 10.8. The normalized spacial score (nSPS) is 10.3. The van der Waals surface area contributed by atoms with E-state index in [0.29, 0.717) is 5.75 Å². The van der Waals surface area contributed by atoms with Crippen molar-refractivity contribution in [3.8, 4) is 16.9 Å². The van der Waals surface area contributed by atoms with E-state index in [1.165, 1.54) is 0 Å². The van der Waals surface area contributed by atoms with Gasteiger partial charge in [-0.2, -0.15) is 0 Å². The molecule has 0 aliphatic rings. The molecule has 0 fully saturated rings. The molecule has 2 rings (SSSR count). The number of aromatic hydroxyl groups is 1. The van der Waals surface area contributed by atoms with Gasteiger partial charge in [0, 0.05) is 10.0 Å². The number of phenolic OH excluding ortho intramolecular Hbond substituents is 1. The van der Waals surface area contributed by atoms with Gasteiger partial charge in [0.25, 0.3) is 0 Å². The molecule has 0 amide bonds. The summed E-state index contributed by atoms with van der Waals surface area (Å²) in [5.41, 5.74) is 3.03. The van der Waals surface area contributed by atoms with Crippen LogP contribution in [0.5, 0.6) is 5.75 Å². The molecular weight excluding hydrogens is 252 g/mol. The zero-order valence-corrected chi connectivity index (χ0v) is 9.95. The van der Waals surface area contributed by atoms with Crippen molar-refractivity contribution in [3.05, 3.63) is 52.5 Å². The third-order valence-electron chi connectivity index (χ3n) is 2.29. The predicted molar refractivity (Wildman–Crippen MR) is 66.0 cm³/mol. The van der Waals surface area contributed by atoms with Gasteiger partial charge < -0.3 is 5.11 Å². The fourth-order valence-electron chi connectivity index (χ4n) is 1.54. The van der Waals surface area contributed by atoms with Crippen molar-refractivity contribution in [2.75, 3.05) is 0 Å². The molecule has 0 radical (unpaired) electrons. The van der Waals surface area contributed by atoms with Crippen LogP contribution < -0.4 is 0 Å². The maximum Gasteiger partial charge on any atom is 0.123 e. The SMILES string of the molecule is Cc1ccc(O)c(-c2cccc(Br)c2)c1. The smallest absolute Gasteiger partial charge is 0.123 e. The first-order valence-electron chi connectivity index (χ1n) is 4.72. The third-order valence-corrected chi connectivity index (χ3v) is 2.78. The number of hydrogen-bond donors (Lipinski definition) is 1. The lowest BCUT2D eigenvalue weighted by Crippen LogP contribution is -1.81. The Kier molecular flexibility index (Phi) is 2.78. The average molecular weight is 263 g/mol. The highest BCUT2D eigenvalue weighted by molar-refractivity contribution is 9.10. The summed E-state index contributed by atoms with van der Waals surface area (Å²) in [6.07, 6.45) is 0. The van der Waals surface area contributed by atoms with Crippen molar-refractivity contribution in [3.63, 3.8) is 0 Å². The zero-order valence-electron chi connectivity index (χ0n) is 8.37. The average Bonchev–Trinajstić information content (AvgIpc) is 2.22. The standard InChI is InChI=1S/C13H11BrO/c1-9-5-6-13(15)12(7-9)10-3-2-4-11(14)8-10/h2-8,15H,1H3. The second-order valence-corrected chi connectivity index (χ2v) is 4.45. The van der Waals surface area contributed by atoms with Crippen LogP contribution in [0.25, 0.3) is 11.1 Å². The number of rotatable bonds is 1. The maximum absolute atomic E-state index is 9.76. The van der Waals surface area contributed by atoms with Gasteiger partial charge in [-0.15, -0.1) is 0 Å². The Morgan fingerprint density at radius 1 is 1.07 bits per heavy atom. The predicted octanol–water partition coefficient (Wildman–Crippen LogP) is 4.13. The minimum absolute atomic E-state index is 0.318. The topological polar surface area (TPSA) is 20.2 Å². The highest BCUT2D eigenvalue weighted by Gasteiger charge is 2.04. The lowest BCUT2D eigenvalue weighted by Gasteiger charge is -2.06. The first-order chi connectivity index (χ1) is 7.16. The van der Waals surface area contributed by atoms with Crippen molar-refractivity contribution >= 4 is 15.9 Å². The highest BCUT2D eigenvalue weighted by Crippen LogP contribution is 2.31. The van der Waals surface area contributed by atoms with E-state index in [4.69, 9.17) is 0 Å². The van der Waals surface area contributed by atoms with Gasteiger partial charge in [-0.3, -0.25) is 0 Å². The molecule has 0 heterocycles. The molecule has 0 atom stereocenters. The van der Waals surface area contributed by atoms with Gasteiger partial charge in [0.2, 0.25) is 0 Å². The fraction of sp³-hybridized carbons (Fsp3) is 0.0769. The van der Waals surface area contributed by atoms with Crippen LogP contribution >= 0.6 is 15.9 Å². The van der Waals surface area contributed by atoms with E-state index in [9.17, 15) is 5.11 Å². The van der Waals surface area contributed by atoms with Crippen LogP contribution in [0.4, 0.5) is 0 Å². The van der Waals surface area contributed by atoms with Crippen LogP contribution in [0.2, 0.25) is 0 Å². The molecule has 0 aromatic heterocycles. The second-order valence-electron chi connectivity index (χ2n) is 3.53. The summed E-state index contributed by atoms with van der Waals surface area (Å²) in [4.78, 5) is 0. The van der Waals surface area contributed by atoms with E-state index in [1.807, 2.05) is 43.3 Å². The van der Waals surface area contributed by atoms with Gasteiger partial charge in [-0.05, 0) is 36.8 Å². The Morgan fingerprint density at radius 3 is 2.60 bits per heavy atom. The number of benzene rings is 2. The molecule has 2 aromatic carbocycles. The van der Waals surface area contributed by atoms with E-state index >= 15 is 0 Å². The van der Waals surface area contributed by atoms with E-state index in [0.717, 1.165) is 21.2 Å². The lowest BCUT2D eigenvalue weighted by molar-refractivity contribution is 0.477. The van der Waals surface area contributed by atoms with Crippen molar-refractivity contribution in [2.24, 2.45) is 0 Å². The molecule has 0 unspecified atom stereocenters. The molecule has 1 nitrogen and oxygen atoms in total. The summed E-state index contributed by atoms with van der Waals surface area (Å²) in [7, 11) is 0. The first-order valence-corrected chi connectivity index (χ1v) is 5.51. The van der Waals surface area contributed by atoms with Crippen molar-refractivity contribution < 1.29 is 5.11 Å². The third kappa shape index (κ3) is 2.21. The largest absolute Gasteiger partial charge is 0.507 e. The summed E-state index contributed by atoms with van der Waals surface area (Å²) in [6.45, 7) is 2.01. The van der Waals surface area contributed by atoms with E-state index in [-0.39, 0.29) is 0 Å². The summed E-state index contributed by atoms with van der Waals surface area (Å²) in [6, 6.07) is 13.5. The molecule has 0 spiro atoms. The summed E-state index contributed by atoms with van der Waals surface area (Å²) < 4.78 is 1.01. The van der Waals surface area contributed by atoms with E-state index in [2.05, 4.69) is 15.9 Å². The van der Waals surface area contributed by atoms with Crippen LogP contribution in [0.15, 0.2) is 46.9 Å². The first kappa shape index (κ1) is 10.2. The van der Waals surface area contributed by atoms with Gasteiger partial charge in [0.05, 0.1) is 0 Å². The van der Waals surface area contributed by atoms with Crippen molar-refractivity contribution in [2.45, 2.75) is 6.92 Å². The lowest BCUT2D eigenvalue weighted by atomic mass is 10.0. The Hall–Kier alpha value is -1.28.